The number of aliphatic imine (C=N–C) groups is 1. The number of anilines is 1. The van der Waals surface area contributed by atoms with Gasteiger partial charge in [0, 0.05) is 18.8 Å². The molecular formula is C22H30ClIN4O. The van der Waals surface area contributed by atoms with Crippen molar-refractivity contribution >= 4 is 47.2 Å². The quantitative estimate of drug-likeness (QED) is 0.310. The Kier molecular flexibility index (Phi) is 9.52. The summed E-state index contributed by atoms with van der Waals surface area (Å²) in [6.07, 6.45) is 2.61. The standard InChI is InChI=1S/C22H29ClN4O.HI/c1-16-6-5-11-27(14-16)15-18-8-4-3-7-17(18)13-25-22(24)26-19-9-10-21(28-2)20(23)12-19;/h3-4,7-10,12,16H,5-6,11,13-15H2,1-2H3,(H3,24,25,26);1H. The third kappa shape index (κ3) is 7.04. The number of piperidine rings is 1. The average Bonchev–Trinajstić information content (AvgIpc) is 2.67. The molecule has 29 heavy (non-hydrogen) atoms. The summed E-state index contributed by atoms with van der Waals surface area (Å²) in [4.78, 5) is 7.06. The van der Waals surface area contributed by atoms with Gasteiger partial charge in [-0.3, -0.25) is 4.90 Å². The third-order valence-corrected chi connectivity index (χ3v) is 5.39. The zero-order valence-electron chi connectivity index (χ0n) is 17.0. The molecule has 0 bridgehead atoms. The molecule has 158 valence electrons. The number of hydrogen-bond donors (Lipinski definition) is 2. The average molecular weight is 529 g/mol. The second-order valence-corrected chi connectivity index (χ2v) is 7.83. The number of nitrogens with zero attached hydrogens (tertiary/aromatic N) is 2. The van der Waals surface area contributed by atoms with E-state index in [9.17, 15) is 0 Å². The maximum Gasteiger partial charge on any atom is 0.193 e. The molecule has 1 heterocycles. The molecule has 1 fully saturated rings. The molecule has 0 radical (unpaired) electrons. The number of ether oxygens (including phenoxy) is 1. The second kappa shape index (κ2) is 11.6. The van der Waals surface area contributed by atoms with Crippen LogP contribution in [-0.2, 0) is 13.1 Å². The number of nitrogens with one attached hydrogen (secondary N) is 1. The van der Waals surface area contributed by atoms with Crippen molar-refractivity contribution in [2.75, 3.05) is 25.5 Å². The van der Waals surface area contributed by atoms with Gasteiger partial charge in [-0.25, -0.2) is 4.99 Å². The normalized spacial score (nSPS) is 17.5. The summed E-state index contributed by atoms with van der Waals surface area (Å²) >= 11 is 6.16. The van der Waals surface area contributed by atoms with E-state index in [0.717, 1.165) is 18.2 Å². The van der Waals surface area contributed by atoms with Gasteiger partial charge in [0.25, 0.3) is 0 Å². The number of rotatable bonds is 6. The van der Waals surface area contributed by atoms with Crippen molar-refractivity contribution in [2.45, 2.75) is 32.9 Å². The molecule has 0 amide bonds. The summed E-state index contributed by atoms with van der Waals surface area (Å²) in [5.41, 5.74) is 9.39. The van der Waals surface area contributed by atoms with Gasteiger partial charge in [-0.05, 0) is 54.6 Å². The lowest BCUT2D eigenvalue weighted by atomic mass is 9.99. The van der Waals surface area contributed by atoms with Crippen molar-refractivity contribution in [1.29, 1.82) is 0 Å². The first-order valence-electron chi connectivity index (χ1n) is 9.74. The highest BCUT2D eigenvalue weighted by molar-refractivity contribution is 14.0. The van der Waals surface area contributed by atoms with Crippen LogP contribution < -0.4 is 15.8 Å². The van der Waals surface area contributed by atoms with Crippen LogP contribution in [0.1, 0.15) is 30.9 Å². The molecule has 3 rings (SSSR count). The fraction of sp³-hybridized carbons (Fsp3) is 0.409. The summed E-state index contributed by atoms with van der Waals surface area (Å²) in [6, 6.07) is 13.9. The molecule has 0 aromatic heterocycles. The Morgan fingerprint density at radius 2 is 2.03 bits per heavy atom. The van der Waals surface area contributed by atoms with E-state index in [1.807, 2.05) is 6.07 Å². The molecule has 2 aromatic carbocycles. The smallest absolute Gasteiger partial charge is 0.193 e. The Hall–Kier alpha value is -1.51. The molecule has 1 atom stereocenters. The number of halogens is 2. The minimum Gasteiger partial charge on any atom is -0.495 e. The Labute approximate surface area is 195 Å². The zero-order valence-corrected chi connectivity index (χ0v) is 20.1. The predicted molar refractivity (Wildman–Crippen MR) is 132 cm³/mol. The predicted octanol–water partition coefficient (Wildman–Crippen LogP) is 5.13. The largest absolute Gasteiger partial charge is 0.495 e. The van der Waals surface area contributed by atoms with Gasteiger partial charge in [-0.15, -0.1) is 24.0 Å². The van der Waals surface area contributed by atoms with E-state index in [1.54, 1.807) is 19.2 Å². The van der Waals surface area contributed by atoms with Gasteiger partial charge in [-0.1, -0.05) is 42.8 Å². The number of likely N-dealkylation sites (tertiary alicyclic amines) is 1. The van der Waals surface area contributed by atoms with Crippen LogP contribution in [0.15, 0.2) is 47.5 Å². The molecular weight excluding hydrogens is 499 g/mol. The van der Waals surface area contributed by atoms with Crippen molar-refractivity contribution < 1.29 is 4.74 Å². The van der Waals surface area contributed by atoms with Crippen LogP contribution in [0.5, 0.6) is 5.75 Å². The van der Waals surface area contributed by atoms with Crippen LogP contribution in [0.3, 0.4) is 0 Å². The first-order chi connectivity index (χ1) is 13.5. The lowest BCUT2D eigenvalue weighted by Gasteiger charge is -2.31. The lowest BCUT2D eigenvalue weighted by molar-refractivity contribution is 0.176. The van der Waals surface area contributed by atoms with Crippen molar-refractivity contribution in [2.24, 2.45) is 16.6 Å². The Bertz CT molecular complexity index is 830. The molecule has 0 spiro atoms. The number of benzene rings is 2. The Morgan fingerprint density at radius 3 is 2.72 bits per heavy atom. The van der Waals surface area contributed by atoms with E-state index in [2.05, 4.69) is 46.4 Å². The van der Waals surface area contributed by atoms with Gasteiger partial charge in [-0.2, -0.15) is 0 Å². The van der Waals surface area contributed by atoms with E-state index in [-0.39, 0.29) is 24.0 Å². The maximum absolute atomic E-state index is 6.16. The summed E-state index contributed by atoms with van der Waals surface area (Å²) in [7, 11) is 1.59. The lowest BCUT2D eigenvalue weighted by Crippen LogP contribution is -2.34. The van der Waals surface area contributed by atoms with Crippen molar-refractivity contribution in [3.8, 4) is 5.75 Å². The summed E-state index contributed by atoms with van der Waals surface area (Å²) in [5, 5.41) is 3.62. The number of guanidine groups is 1. The molecule has 0 saturated carbocycles. The third-order valence-electron chi connectivity index (χ3n) is 5.10. The highest BCUT2D eigenvalue weighted by Crippen LogP contribution is 2.27. The van der Waals surface area contributed by atoms with E-state index in [1.165, 1.54) is 37.1 Å². The summed E-state index contributed by atoms with van der Waals surface area (Å²) in [5.74, 6) is 1.77. The van der Waals surface area contributed by atoms with Gasteiger partial charge in [0.05, 0.1) is 18.7 Å². The second-order valence-electron chi connectivity index (χ2n) is 7.43. The molecule has 1 aliphatic heterocycles. The maximum atomic E-state index is 6.16. The highest BCUT2D eigenvalue weighted by Gasteiger charge is 2.17. The Morgan fingerprint density at radius 1 is 1.28 bits per heavy atom. The van der Waals surface area contributed by atoms with Crippen LogP contribution in [0.2, 0.25) is 5.02 Å². The van der Waals surface area contributed by atoms with E-state index in [4.69, 9.17) is 22.1 Å². The summed E-state index contributed by atoms with van der Waals surface area (Å²) < 4.78 is 5.17. The SMILES string of the molecule is COc1ccc(NC(N)=NCc2ccccc2CN2CCCC(C)C2)cc1Cl.I. The van der Waals surface area contributed by atoms with E-state index >= 15 is 0 Å². The van der Waals surface area contributed by atoms with Crippen LogP contribution in [0, 0.1) is 5.92 Å². The topological polar surface area (TPSA) is 62.9 Å². The number of hydrogen-bond acceptors (Lipinski definition) is 3. The van der Waals surface area contributed by atoms with Crippen molar-refractivity contribution in [3.63, 3.8) is 0 Å². The molecule has 2 aromatic rings. The van der Waals surface area contributed by atoms with Crippen LogP contribution in [-0.4, -0.2) is 31.1 Å². The van der Waals surface area contributed by atoms with Crippen LogP contribution >= 0.6 is 35.6 Å². The highest BCUT2D eigenvalue weighted by atomic mass is 127. The van der Waals surface area contributed by atoms with Gasteiger partial charge < -0.3 is 15.8 Å². The minimum atomic E-state index is 0. The minimum absolute atomic E-state index is 0. The van der Waals surface area contributed by atoms with Crippen LogP contribution in [0.4, 0.5) is 5.69 Å². The van der Waals surface area contributed by atoms with E-state index < -0.39 is 0 Å². The molecule has 0 aliphatic carbocycles. The van der Waals surface area contributed by atoms with Gasteiger partial charge in [0.15, 0.2) is 5.96 Å². The molecule has 7 heteroatoms. The molecule has 5 nitrogen and oxygen atoms in total. The molecule has 3 N–H and O–H groups in total. The number of methoxy groups -OCH3 is 1. The van der Waals surface area contributed by atoms with Gasteiger partial charge in [0.1, 0.15) is 5.75 Å². The first-order valence-corrected chi connectivity index (χ1v) is 10.1. The summed E-state index contributed by atoms with van der Waals surface area (Å²) in [6.45, 7) is 6.18. The van der Waals surface area contributed by atoms with Crippen molar-refractivity contribution in [1.82, 2.24) is 4.90 Å². The van der Waals surface area contributed by atoms with E-state index in [0.29, 0.717) is 23.3 Å². The monoisotopic (exact) mass is 528 g/mol. The number of nitrogens with two attached hydrogens (primary N) is 1. The molecule has 1 aliphatic rings. The molecule has 1 unspecified atom stereocenters. The van der Waals surface area contributed by atoms with Crippen LogP contribution in [0.25, 0.3) is 0 Å². The van der Waals surface area contributed by atoms with Gasteiger partial charge in [0.2, 0.25) is 0 Å². The van der Waals surface area contributed by atoms with Gasteiger partial charge >= 0.3 is 0 Å². The van der Waals surface area contributed by atoms with Crippen molar-refractivity contribution in [3.05, 3.63) is 58.6 Å². The first kappa shape index (κ1) is 23.8. The fourth-order valence-electron chi connectivity index (χ4n) is 3.64. The fourth-order valence-corrected chi connectivity index (χ4v) is 3.90. The molecule has 1 saturated heterocycles. The Balaban J connectivity index is 0.00000300. The zero-order chi connectivity index (χ0) is 19.9.